The highest BCUT2D eigenvalue weighted by molar-refractivity contribution is 6.31. The van der Waals surface area contributed by atoms with Gasteiger partial charge in [-0.3, -0.25) is 9.59 Å². The molecule has 0 unspecified atom stereocenters. The van der Waals surface area contributed by atoms with Gasteiger partial charge in [-0.05, 0) is 36.8 Å². The summed E-state index contributed by atoms with van der Waals surface area (Å²) in [4.78, 5) is 27.0. The van der Waals surface area contributed by atoms with Gasteiger partial charge in [0, 0.05) is 35.3 Å². The highest BCUT2D eigenvalue weighted by Crippen LogP contribution is 2.32. The van der Waals surface area contributed by atoms with Crippen LogP contribution in [0.4, 0.5) is 11.4 Å². The van der Waals surface area contributed by atoms with E-state index in [1.165, 1.54) is 7.11 Å². The van der Waals surface area contributed by atoms with Gasteiger partial charge in [-0.1, -0.05) is 11.6 Å². The average molecular weight is 345 g/mol. The Hall–Kier alpha value is -2.53. The summed E-state index contributed by atoms with van der Waals surface area (Å²) < 4.78 is 5.28. The highest BCUT2D eigenvalue weighted by atomic mass is 35.5. The molecule has 2 N–H and O–H groups in total. The van der Waals surface area contributed by atoms with Crippen LogP contribution in [-0.4, -0.2) is 25.3 Å². The zero-order valence-corrected chi connectivity index (χ0v) is 14.0. The molecule has 1 heterocycles. The van der Waals surface area contributed by atoms with Crippen molar-refractivity contribution in [2.24, 2.45) is 0 Å². The van der Waals surface area contributed by atoms with Crippen molar-refractivity contribution in [3.8, 4) is 5.75 Å². The number of rotatable bonds is 2. The Morgan fingerprint density at radius 2 is 2.04 bits per heavy atom. The number of anilines is 2. The van der Waals surface area contributed by atoms with E-state index in [0.29, 0.717) is 52.7 Å². The summed E-state index contributed by atoms with van der Waals surface area (Å²) in [6.45, 7) is 0.451. The third kappa shape index (κ3) is 2.95. The van der Waals surface area contributed by atoms with Gasteiger partial charge in [-0.2, -0.15) is 0 Å². The molecule has 5 nitrogen and oxygen atoms in total. The largest absolute Gasteiger partial charge is 0.496 e. The van der Waals surface area contributed by atoms with Crippen molar-refractivity contribution in [2.75, 3.05) is 24.3 Å². The average Bonchev–Trinajstić information content (AvgIpc) is 2.73. The summed E-state index contributed by atoms with van der Waals surface area (Å²) in [5.74, 6) is 0.170. The Morgan fingerprint density at radius 3 is 2.79 bits per heavy atom. The lowest BCUT2D eigenvalue weighted by molar-refractivity contribution is 0.0972. The standard InChI is InChI=1S/C18H17ClN2O3/c1-24-17-10-12(20)5-6-13(17)18(23)21-8-2-3-16(22)14-9-11(19)4-7-15(14)21/h4-7,9-10H,2-3,8,20H2,1H3. The van der Waals surface area contributed by atoms with Crippen molar-refractivity contribution >= 4 is 34.7 Å². The molecule has 2 aromatic carbocycles. The number of carbonyl (C=O) groups excluding carboxylic acids is 2. The summed E-state index contributed by atoms with van der Waals surface area (Å²) in [6.07, 6.45) is 0.976. The minimum atomic E-state index is -0.231. The van der Waals surface area contributed by atoms with Crippen LogP contribution in [0.25, 0.3) is 0 Å². The number of hydrogen-bond acceptors (Lipinski definition) is 4. The number of benzene rings is 2. The van der Waals surface area contributed by atoms with Crippen LogP contribution in [0.5, 0.6) is 5.75 Å². The summed E-state index contributed by atoms with van der Waals surface area (Å²) in [7, 11) is 1.49. The molecule has 1 aliphatic rings. The van der Waals surface area contributed by atoms with Crippen molar-refractivity contribution in [1.82, 2.24) is 0 Å². The van der Waals surface area contributed by atoms with Gasteiger partial charge in [0.15, 0.2) is 5.78 Å². The smallest absolute Gasteiger partial charge is 0.262 e. The zero-order chi connectivity index (χ0) is 17.3. The molecule has 0 saturated heterocycles. The molecule has 0 fully saturated rings. The van der Waals surface area contributed by atoms with Crippen LogP contribution < -0.4 is 15.4 Å². The maximum Gasteiger partial charge on any atom is 0.262 e. The summed E-state index contributed by atoms with van der Waals surface area (Å²) in [5.41, 5.74) is 7.72. The molecule has 2 aromatic rings. The molecule has 124 valence electrons. The summed E-state index contributed by atoms with van der Waals surface area (Å²) in [6, 6.07) is 9.91. The van der Waals surface area contributed by atoms with E-state index in [9.17, 15) is 9.59 Å². The predicted molar refractivity (Wildman–Crippen MR) is 94.1 cm³/mol. The molecule has 6 heteroatoms. The van der Waals surface area contributed by atoms with Gasteiger partial charge >= 0.3 is 0 Å². The maximum atomic E-state index is 13.1. The number of nitrogen functional groups attached to an aromatic ring is 1. The number of Topliss-reactive ketones (excluding diaryl/α,β-unsaturated/α-hetero) is 1. The van der Waals surface area contributed by atoms with Crippen molar-refractivity contribution in [2.45, 2.75) is 12.8 Å². The van der Waals surface area contributed by atoms with Gasteiger partial charge in [0.1, 0.15) is 5.75 Å². The van der Waals surface area contributed by atoms with Crippen molar-refractivity contribution in [3.63, 3.8) is 0 Å². The summed E-state index contributed by atoms with van der Waals surface area (Å²) >= 11 is 6.02. The SMILES string of the molecule is COc1cc(N)ccc1C(=O)N1CCCC(=O)c2cc(Cl)ccc21. The van der Waals surface area contributed by atoms with E-state index in [1.807, 2.05) is 0 Å². The molecule has 1 aliphatic heterocycles. The molecule has 0 aromatic heterocycles. The quantitative estimate of drug-likeness (QED) is 0.845. The number of carbonyl (C=O) groups is 2. The second-order valence-corrected chi connectivity index (χ2v) is 6.04. The van der Waals surface area contributed by atoms with Gasteiger partial charge in [-0.25, -0.2) is 0 Å². The Balaban J connectivity index is 2.08. The Kier molecular flexibility index (Phi) is 4.44. The van der Waals surface area contributed by atoms with E-state index < -0.39 is 0 Å². The van der Waals surface area contributed by atoms with Crippen LogP contribution in [-0.2, 0) is 0 Å². The lowest BCUT2D eigenvalue weighted by Gasteiger charge is -2.23. The molecular weight excluding hydrogens is 328 g/mol. The minimum absolute atomic E-state index is 0.00734. The molecular formula is C18H17ClN2O3. The second-order valence-electron chi connectivity index (χ2n) is 5.60. The van der Waals surface area contributed by atoms with Crippen molar-refractivity contribution in [3.05, 3.63) is 52.5 Å². The van der Waals surface area contributed by atoms with Crippen molar-refractivity contribution in [1.29, 1.82) is 0 Å². The number of amides is 1. The fourth-order valence-corrected chi connectivity index (χ4v) is 3.03. The minimum Gasteiger partial charge on any atom is -0.496 e. The Morgan fingerprint density at radius 1 is 1.25 bits per heavy atom. The first kappa shape index (κ1) is 16.3. The second kappa shape index (κ2) is 6.53. The molecule has 0 atom stereocenters. The monoisotopic (exact) mass is 344 g/mol. The molecule has 0 saturated carbocycles. The van der Waals surface area contributed by atoms with Gasteiger partial charge < -0.3 is 15.4 Å². The number of methoxy groups -OCH3 is 1. The van der Waals surface area contributed by atoms with E-state index >= 15 is 0 Å². The first-order valence-electron chi connectivity index (χ1n) is 7.59. The highest BCUT2D eigenvalue weighted by Gasteiger charge is 2.27. The number of ketones is 1. The van der Waals surface area contributed by atoms with E-state index in [1.54, 1.807) is 41.3 Å². The number of halogens is 1. The third-order valence-corrected chi connectivity index (χ3v) is 4.27. The lowest BCUT2D eigenvalue weighted by atomic mass is 10.1. The van der Waals surface area contributed by atoms with E-state index in [0.717, 1.165) is 0 Å². The van der Waals surface area contributed by atoms with Crippen LogP contribution >= 0.6 is 11.6 Å². The van der Waals surface area contributed by atoms with E-state index in [-0.39, 0.29) is 11.7 Å². The fraction of sp³-hybridized carbons (Fsp3) is 0.222. The van der Waals surface area contributed by atoms with Crippen LogP contribution in [0.1, 0.15) is 33.6 Å². The number of hydrogen-bond donors (Lipinski definition) is 1. The van der Waals surface area contributed by atoms with Crippen molar-refractivity contribution < 1.29 is 14.3 Å². The van der Waals surface area contributed by atoms with Crippen LogP contribution in [0.3, 0.4) is 0 Å². The van der Waals surface area contributed by atoms with Gasteiger partial charge in [0.25, 0.3) is 5.91 Å². The lowest BCUT2D eigenvalue weighted by Crippen LogP contribution is -2.32. The number of fused-ring (bicyclic) bond motifs is 1. The Bertz CT molecular complexity index is 820. The van der Waals surface area contributed by atoms with Crippen LogP contribution in [0.15, 0.2) is 36.4 Å². The van der Waals surface area contributed by atoms with E-state index in [2.05, 4.69) is 0 Å². The normalized spacial score (nSPS) is 14.1. The van der Waals surface area contributed by atoms with Crippen LogP contribution in [0, 0.1) is 0 Å². The van der Waals surface area contributed by atoms with Gasteiger partial charge in [0.05, 0.1) is 18.4 Å². The van der Waals surface area contributed by atoms with Crippen LogP contribution in [0.2, 0.25) is 5.02 Å². The predicted octanol–water partition coefficient (Wildman–Crippen LogP) is 3.55. The maximum absolute atomic E-state index is 13.1. The Labute approximate surface area is 145 Å². The first-order chi connectivity index (χ1) is 11.5. The molecule has 1 amide bonds. The van der Waals surface area contributed by atoms with E-state index in [4.69, 9.17) is 22.1 Å². The third-order valence-electron chi connectivity index (χ3n) is 4.04. The van der Waals surface area contributed by atoms with Gasteiger partial charge in [-0.15, -0.1) is 0 Å². The number of nitrogens with two attached hydrogens (primary N) is 1. The molecule has 0 radical (unpaired) electrons. The summed E-state index contributed by atoms with van der Waals surface area (Å²) in [5, 5.41) is 0.474. The molecule has 0 aliphatic carbocycles. The van der Waals surface area contributed by atoms with Gasteiger partial charge in [0.2, 0.25) is 0 Å². The molecule has 3 rings (SSSR count). The fourth-order valence-electron chi connectivity index (χ4n) is 2.86. The molecule has 0 bridgehead atoms. The topological polar surface area (TPSA) is 72.6 Å². The molecule has 24 heavy (non-hydrogen) atoms. The first-order valence-corrected chi connectivity index (χ1v) is 7.97. The zero-order valence-electron chi connectivity index (χ0n) is 13.2. The molecule has 0 spiro atoms. The number of ether oxygens (including phenoxy) is 1. The number of nitrogens with zero attached hydrogens (tertiary/aromatic N) is 1.